The number of nitrogens with one attached hydrogen (secondary N) is 2. The lowest BCUT2D eigenvalue weighted by Crippen LogP contribution is -2.31. The Labute approximate surface area is 160 Å². The molecule has 154 valence electrons. The van der Waals surface area contributed by atoms with Crippen molar-refractivity contribution in [1.29, 1.82) is 0 Å². The SMILES string of the molecule is CCCCCCCCCCNC[C@@H]1CCCO1.O=C(O)C1CCNCC1. The highest BCUT2D eigenvalue weighted by molar-refractivity contribution is 5.70. The van der Waals surface area contributed by atoms with E-state index in [2.05, 4.69) is 17.6 Å². The predicted octanol–water partition coefficient (Wildman–Crippen LogP) is 3.97. The minimum atomic E-state index is -0.642. The van der Waals surface area contributed by atoms with Gasteiger partial charge in [-0.3, -0.25) is 4.79 Å². The first-order valence-electron chi connectivity index (χ1n) is 11.0. The molecule has 0 aromatic heterocycles. The quantitative estimate of drug-likeness (QED) is 0.454. The first-order valence-corrected chi connectivity index (χ1v) is 11.0. The molecule has 2 heterocycles. The number of ether oxygens (including phenoxy) is 1. The Hall–Kier alpha value is -0.650. The molecule has 0 amide bonds. The lowest BCUT2D eigenvalue weighted by molar-refractivity contribution is -0.142. The van der Waals surface area contributed by atoms with E-state index in [1.165, 1.54) is 70.8 Å². The van der Waals surface area contributed by atoms with Crippen LogP contribution < -0.4 is 10.6 Å². The third-order valence-electron chi connectivity index (χ3n) is 5.29. The smallest absolute Gasteiger partial charge is 0.306 e. The van der Waals surface area contributed by atoms with Gasteiger partial charge in [-0.15, -0.1) is 0 Å². The van der Waals surface area contributed by atoms with Crippen LogP contribution in [0.1, 0.15) is 84.0 Å². The van der Waals surface area contributed by atoms with Crippen molar-refractivity contribution in [3.63, 3.8) is 0 Å². The predicted molar refractivity (Wildman–Crippen MR) is 108 cm³/mol. The standard InChI is InChI=1S/C15H31NO.C6H11NO2/c1-2-3-4-5-6-7-8-9-12-16-14-15-11-10-13-17-15;8-6(9)5-1-3-7-4-2-5/h15-16H,2-14H2,1H3;5,7H,1-4H2,(H,8,9)/t15-;/m0./s1. The number of piperidine rings is 1. The van der Waals surface area contributed by atoms with Gasteiger partial charge in [0.15, 0.2) is 0 Å². The number of unbranched alkanes of at least 4 members (excludes halogenated alkanes) is 7. The van der Waals surface area contributed by atoms with Gasteiger partial charge in [0.2, 0.25) is 0 Å². The average Bonchev–Trinajstić information content (AvgIpc) is 3.18. The summed E-state index contributed by atoms with van der Waals surface area (Å²) in [5.41, 5.74) is 0. The number of aliphatic carboxylic acids is 1. The number of carbonyl (C=O) groups is 1. The van der Waals surface area contributed by atoms with Crippen LogP contribution in [0.25, 0.3) is 0 Å². The van der Waals surface area contributed by atoms with E-state index in [0.29, 0.717) is 6.10 Å². The molecule has 2 aliphatic rings. The van der Waals surface area contributed by atoms with Crippen LogP contribution in [0, 0.1) is 5.92 Å². The third kappa shape index (κ3) is 12.7. The number of carboxylic acid groups (broad SMARTS) is 1. The molecular weight excluding hydrogens is 328 g/mol. The van der Waals surface area contributed by atoms with Gasteiger partial charge in [-0.25, -0.2) is 0 Å². The van der Waals surface area contributed by atoms with E-state index in [4.69, 9.17) is 9.84 Å². The zero-order valence-corrected chi connectivity index (χ0v) is 16.9. The summed E-state index contributed by atoms with van der Waals surface area (Å²) in [6, 6.07) is 0. The van der Waals surface area contributed by atoms with E-state index < -0.39 is 5.97 Å². The molecule has 26 heavy (non-hydrogen) atoms. The summed E-state index contributed by atoms with van der Waals surface area (Å²) in [4.78, 5) is 10.3. The lowest BCUT2D eigenvalue weighted by Gasteiger charge is -2.17. The highest BCUT2D eigenvalue weighted by atomic mass is 16.5. The van der Waals surface area contributed by atoms with Gasteiger partial charge in [-0.2, -0.15) is 0 Å². The summed E-state index contributed by atoms with van der Waals surface area (Å²) < 4.78 is 5.57. The summed E-state index contributed by atoms with van der Waals surface area (Å²) in [6.07, 6.45) is 15.8. The molecule has 0 aromatic carbocycles. The molecule has 2 aliphatic heterocycles. The van der Waals surface area contributed by atoms with Crippen LogP contribution in [0.2, 0.25) is 0 Å². The molecule has 3 N–H and O–H groups in total. The second kappa shape index (κ2) is 16.5. The Kier molecular flexibility index (Phi) is 14.9. The van der Waals surface area contributed by atoms with Gasteiger partial charge in [0.05, 0.1) is 12.0 Å². The number of hydrogen-bond acceptors (Lipinski definition) is 4. The molecule has 1 atom stereocenters. The van der Waals surface area contributed by atoms with Crippen molar-refractivity contribution in [3.05, 3.63) is 0 Å². The van der Waals surface area contributed by atoms with Crippen molar-refractivity contribution >= 4 is 5.97 Å². The minimum Gasteiger partial charge on any atom is -0.481 e. The summed E-state index contributed by atoms with van der Waals surface area (Å²) >= 11 is 0. The fourth-order valence-corrected chi connectivity index (χ4v) is 3.52. The van der Waals surface area contributed by atoms with Crippen LogP contribution in [0.5, 0.6) is 0 Å². The van der Waals surface area contributed by atoms with Crippen molar-refractivity contribution in [1.82, 2.24) is 10.6 Å². The molecule has 0 bridgehead atoms. The lowest BCUT2D eigenvalue weighted by atomic mass is 9.99. The Morgan fingerprint density at radius 2 is 1.69 bits per heavy atom. The van der Waals surface area contributed by atoms with E-state index in [0.717, 1.165) is 39.1 Å². The second-order valence-electron chi connectivity index (χ2n) is 7.68. The molecular formula is C21H42N2O3. The van der Waals surface area contributed by atoms with E-state index in [9.17, 15) is 4.79 Å². The van der Waals surface area contributed by atoms with Crippen molar-refractivity contribution in [2.45, 2.75) is 90.1 Å². The van der Waals surface area contributed by atoms with Crippen LogP contribution in [0.15, 0.2) is 0 Å². The summed E-state index contributed by atoms with van der Waals surface area (Å²) in [5.74, 6) is -0.734. The minimum absolute atomic E-state index is 0.0914. The normalized spacial score (nSPS) is 20.6. The van der Waals surface area contributed by atoms with Gasteiger partial charge in [0.25, 0.3) is 0 Å². The molecule has 0 spiro atoms. The summed E-state index contributed by atoms with van der Waals surface area (Å²) in [7, 11) is 0. The van der Waals surface area contributed by atoms with E-state index in [1.807, 2.05) is 0 Å². The second-order valence-corrected chi connectivity index (χ2v) is 7.68. The van der Waals surface area contributed by atoms with Gasteiger partial charge >= 0.3 is 5.97 Å². The zero-order valence-electron chi connectivity index (χ0n) is 16.9. The van der Waals surface area contributed by atoms with Crippen LogP contribution in [-0.4, -0.2) is 50.0 Å². The largest absolute Gasteiger partial charge is 0.481 e. The van der Waals surface area contributed by atoms with Crippen molar-refractivity contribution in [3.8, 4) is 0 Å². The maximum atomic E-state index is 10.3. The summed E-state index contributed by atoms with van der Waals surface area (Å²) in [6.45, 7) is 7.21. The van der Waals surface area contributed by atoms with E-state index in [-0.39, 0.29) is 5.92 Å². The molecule has 5 nitrogen and oxygen atoms in total. The monoisotopic (exact) mass is 370 g/mol. The van der Waals surface area contributed by atoms with Crippen LogP contribution >= 0.6 is 0 Å². The molecule has 0 saturated carbocycles. The fraction of sp³-hybridized carbons (Fsp3) is 0.952. The van der Waals surface area contributed by atoms with Gasteiger partial charge < -0.3 is 20.5 Å². The van der Waals surface area contributed by atoms with Crippen LogP contribution in [0.4, 0.5) is 0 Å². The molecule has 2 saturated heterocycles. The topological polar surface area (TPSA) is 70.6 Å². The molecule has 2 fully saturated rings. The van der Waals surface area contributed by atoms with Gasteiger partial charge in [0, 0.05) is 13.2 Å². The number of hydrogen-bond donors (Lipinski definition) is 3. The van der Waals surface area contributed by atoms with Crippen LogP contribution in [-0.2, 0) is 9.53 Å². The van der Waals surface area contributed by atoms with Crippen molar-refractivity contribution in [2.75, 3.05) is 32.8 Å². The molecule has 0 aliphatic carbocycles. The molecule has 0 radical (unpaired) electrons. The fourth-order valence-electron chi connectivity index (χ4n) is 3.52. The van der Waals surface area contributed by atoms with Crippen molar-refractivity contribution < 1.29 is 14.6 Å². The Morgan fingerprint density at radius 1 is 1.04 bits per heavy atom. The Morgan fingerprint density at radius 3 is 2.23 bits per heavy atom. The first kappa shape index (κ1) is 23.4. The maximum absolute atomic E-state index is 10.3. The van der Waals surface area contributed by atoms with Gasteiger partial charge in [-0.1, -0.05) is 51.9 Å². The van der Waals surface area contributed by atoms with Crippen LogP contribution in [0.3, 0.4) is 0 Å². The average molecular weight is 371 g/mol. The van der Waals surface area contributed by atoms with Crippen molar-refractivity contribution in [2.24, 2.45) is 5.92 Å². The van der Waals surface area contributed by atoms with Gasteiger partial charge in [0.1, 0.15) is 0 Å². The third-order valence-corrected chi connectivity index (χ3v) is 5.29. The zero-order chi connectivity index (χ0) is 18.9. The molecule has 5 heteroatoms. The maximum Gasteiger partial charge on any atom is 0.306 e. The summed E-state index contributed by atoms with van der Waals surface area (Å²) in [5, 5.41) is 15.1. The Bertz CT molecular complexity index is 327. The number of carboxylic acids is 1. The molecule has 0 aromatic rings. The van der Waals surface area contributed by atoms with E-state index >= 15 is 0 Å². The Balaban J connectivity index is 0.000000314. The highest BCUT2D eigenvalue weighted by Gasteiger charge is 2.19. The molecule has 2 rings (SSSR count). The molecule has 0 unspecified atom stereocenters. The van der Waals surface area contributed by atoms with Gasteiger partial charge in [-0.05, 0) is 51.7 Å². The van der Waals surface area contributed by atoms with E-state index in [1.54, 1.807) is 0 Å². The highest BCUT2D eigenvalue weighted by Crippen LogP contribution is 2.11. The number of rotatable bonds is 12. The first-order chi connectivity index (χ1) is 12.7.